The predicted molar refractivity (Wildman–Crippen MR) is 87.3 cm³/mol. The zero-order chi connectivity index (χ0) is 17.4. The van der Waals surface area contributed by atoms with Gasteiger partial charge in [-0.2, -0.15) is 10.4 Å². The van der Waals surface area contributed by atoms with Crippen LogP contribution in [0.15, 0.2) is 28.9 Å². The molecule has 3 aromatic rings. The van der Waals surface area contributed by atoms with Crippen LogP contribution < -0.4 is 0 Å². The van der Waals surface area contributed by atoms with Crippen molar-refractivity contribution in [2.45, 2.75) is 24.9 Å². The molecule has 25 heavy (non-hydrogen) atoms. The predicted octanol–water partition coefficient (Wildman–Crippen LogP) is 2.32. The lowest BCUT2D eigenvalue weighted by Crippen LogP contribution is -2.23. The van der Waals surface area contributed by atoms with Gasteiger partial charge in [0.25, 0.3) is 5.89 Å². The summed E-state index contributed by atoms with van der Waals surface area (Å²) >= 11 is 0. The standard InChI is InChI=1S/C17H18N6O2/c1-22-10-11(9-18)8-14(22)17-21-20-16(25-17)12-4-3-7-24-15(12)13-5-6-19-23(13)2/h5-6,8,10,12,15H,3-4,7H2,1-2H3/t12-,15-/m1/s1. The Morgan fingerprint density at radius 2 is 2.20 bits per heavy atom. The van der Waals surface area contributed by atoms with Crippen molar-refractivity contribution >= 4 is 0 Å². The van der Waals surface area contributed by atoms with Gasteiger partial charge in [0.1, 0.15) is 17.9 Å². The van der Waals surface area contributed by atoms with E-state index < -0.39 is 0 Å². The number of aromatic nitrogens is 5. The number of ether oxygens (including phenoxy) is 1. The van der Waals surface area contributed by atoms with Crippen molar-refractivity contribution in [2.24, 2.45) is 14.1 Å². The topological polar surface area (TPSA) is 94.7 Å². The molecule has 1 saturated heterocycles. The smallest absolute Gasteiger partial charge is 0.264 e. The third-order valence-electron chi connectivity index (χ3n) is 4.58. The first-order valence-corrected chi connectivity index (χ1v) is 8.17. The highest BCUT2D eigenvalue weighted by Gasteiger charge is 2.34. The highest BCUT2D eigenvalue weighted by Crippen LogP contribution is 2.40. The number of rotatable bonds is 3. The van der Waals surface area contributed by atoms with Gasteiger partial charge in [-0.15, -0.1) is 10.2 Å². The van der Waals surface area contributed by atoms with E-state index in [2.05, 4.69) is 21.4 Å². The van der Waals surface area contributed by atoms with Crippen molar-refractivity contribution in [2.75, 3.05) is 6.61 Å². The van der Waals surface area contributed by atoms with E-state index in [0.717, 1.165) is 24.2 Å². The van der Waals surface area contributed by atoms with E-state index in [4.69, 9.17) is 14.4 Å². The minimum Gasteiger partial charge on any atom is -0.419 e. The number of nitrogens with zero attached hydrogens (tertiary/aromatic N) is 6. The van der Waals surface area contributed by atoms with Crippen molar-refractivity contribution in [3.8, 4) is 17.7 Å². The van der Waals surface area contributed by atoms with Gasteiger partial charge < -0.3 is 13.7 Å². The first-order chi connectivity index (χ1) is 12.2. The van der Waals surface area contributed by atoms with Crippen LogP contribution in [0, 0.1) is 11.3 Å². The van der Waals surface area contributed by atoms with Crippen LogP contribution >= 0.6 is 0 Å². The molecule has 1 fully saturated rings. The summed E-state index contributed by atoms with van der Waals surface area (Å²) in [5.41, 5.74) is 2.28. The van der Waals surface area contributed by atoms with E-state index in [-0.39, 0.29) is 12.0 Å². The summed E-state index contributed by atoms with van der Waals surface area (Å²) in [4.78, 5) is 0. The average molecular weight is 338 g/mol. The Bertz CT molecular complexity index is 931. The van der Waals surface area contributed by atoms with Crippen LogP contribution in [-0.4, -0.2) is 31.2 Å². The van der Waals surface area contributed by atoms with Gasteiger partial charge in [-0.25, -0.2) is 0 Å². The second kappa shape index (κ2) is 6.18. The zero-order valence-electron chi connectivity index (χ0n) is 14.1. The lowest BCUT2D eigenvalue weighted by molar-refractivity contribution is -0.0135. The minimum absolute atomic E-state index is 0.0129. The SMILES string of the molecule is Cn1cc(C#N)cc1-c1nnc([C@@H]2CCCO[C@H]2c2ccnn2C)o1. The van der Waals surface area contributed by atoms with E-state index in [1.54, 1.807) is 18.5 Å². The molecule has 0 N–H and O–H groups in total. The maximum absolute atomic E-state index is 9.04. The molecule has 3 aromatic heterocycles. The lowest BCUT2D eigenvalue weighted by atomic mass is 9.92. The third kappa shape index (κ3) is 2.72. The van der Waals surface area contributed by atoms with E-state index in [1.807, 2.05) is 29.4 Å². The Kier molecular flexibility index (Phi) is 3.86. The molecule has 1 aliphatic heterocycles. The second-order valence-corrected chi connectivity index (χ2v) is 6.20. The lowest BCUT2D eigenvalue weighted by Gasteiger charge is -2.29. The van der Waals surface area contributed by atoms with Gasteiger partial charge in [-0.1, -0.05) is 0 Å². The maximum atomic E-state index is 9.04. The van der Waals surface area contributed by atoms with Gasteiger partial charge >= 0.3 is 0 Å². The van der Waals surface area contributed by atoms with Crippen molar-refractivity contribution in [1.29, 1.82) is 5.26 Å². The normalized spacial score (nSPS) is 20.5. The van der Waals surface area contributed by atoms with E-state index in [9.17, 15) is 0 Å². The number of aryl methyl sites for hydroxylation is 2. The average Bonchev–Trinajstić information content (AvgIpc) is 3.34. The van der Waals surface area contributed by atoms with Gasteiger partial charge in [0.2, 0.25) is 5.89 Å². The number of hydrogen-bond acceptors (Lipinski definition) is 6. The summed E-state index contributed by atoms with van der Waals surface area (Å²) in [6.45, 7) is 0.705. The third-order valence-corrected chi connectivity index (χ3v) is 4.58. The summed E-state index contributed by atoms with van der Waals surface area (Å²) in [5, 5.41) is 21.7. The van der Waals surface area contributed by atoms with Gasteiger partial charge in [-0.3, -0.25) is 4.68 Å². The summed E-state index contributed by atoms with van der Waals surface area (Å²) in [7, 11) is 3.75. The Morgan fingerprint density at radius 1 is 1.32 bits per heavy atom. The molecule has 4 heterocycles. The maximum Gasteiger partial charge on any atom is 0.264 e. The summed E-state index contributed by atoms with van der Waals surface area (Å²) in [5.74, 6) is 0.954. The molecule has 0 amide bonds. The molecule has 0 unspecified atom stereocenters. The summed E-state index contributed by atoms with van der Waals surface area (Å²) in [6, 6.07) is 5.82. The molecule has 0 radical (unpaired) electrons. The molecular weight excluding hydrogens is 320 g/mol. The second-order valence-electron chi connectivity index (χ2n) is 6.20. The van der Waals surface area contributed by atoms with Gasteiger partial charge in [0, 0.05) is 33.1 Å². The molecule has 0 aliphatic carbocycles. The molecule has 8 heteroatoms. The Labute approximate surface area is 144 Å². The molecule has 0 bridgehead atoms. The van der Waals surface area contributed by atoms with Crippen LogP contribution in [0.1, 0.15) is 42.0 Å². The fraction of sp³-hybridized carbons (Fsp3) is 0.412. The molecule has 2 atom stereocenters. The van der Waals surface area contributed by atoms with Crippen LogP contribution in [0.2, 0.25) is 0 Å². The van der Waals surface area contributed by atoms with Crippen molar-refractivity contribution in [3.05, 3.63) is 41.7 Å². The van der Waals surface area contributed by atoms with Gasteiger partial charge in [0.15, 0.2) is 0 Å². The van der Waals surface area contributed by atoms with E-state index >= 15 is 0 Å². The number of nitriles is 1. The van der Waals surface area contributed by atoms with Gasteiger partial charge in [0.05, 0.1) is 17.2 Å². The molecular formula is C17H18N6O2. The Hall–Kier alpha value is -2.92. The zero-order valence-corrected chi connectivity index (χ0v) is 14.1. The molecule has 4 rings (SSSR count). The fourth-order valence-electron chi connectivity index (χ4n) is 3.31. The first-order valence-electron chi connectivity index (χ1n) is 8.17. The van der Waals surface area contributed by atoms with Crippen LogP contribution in [0.4, 0.5) is 0 Å². The Morgan fingerprint density at radius 3 is 2.92 bits per heavy atom. The fourth-order valence-corrected chi connectivity index (χ4v) is 3.31. The molecule has 1 aliphatic rings. The van der Waals surface area contributed by atoms with Crippen molar-refractivity contribution < 1.29 is 9.15 Å². The van der Waals surface area contributed by atoms with Crippen LogP contribution in [0.25, 0.3) is 11.6 Å². The van der Waals surface area contributed by atoms with E-state index in [0.29, 0.717) is 24.0 Å². The number of hydrogen-bond donors (Lipinski definition) is 0. The molecule has 8 nitrogen and oxygen atoms in total. The van der Waals surface area contributed by atoms with Crippen LogP contribution in [0.3, 0.4) is 0 Å². The molecule has 0 spiro atoms. The van der Waals surface area contributed by atoms with Crippen LogP contribution in [-0.2, 0) is 18.8 Å². The van der Waals surface area contributed by atoms with Crippen molar-refractivity contribution in [1.82, 2.24) is 24.5 Å². The Balaban J connectivity index is 1.67. The van der Waals surface area contributed by atoms with Crippen LogP contribution in [0.5, 0.6) is 0 Å². The quantitative estimate of drug-likeness (QED) is 0.727. The van der Waals surface area contributed by atoms with E-state index in [1.165, 1.54) is 0 Å². The summed E-state index contributed by atoms with van der Waals surface area (Å²) in [6.07, 6.45) is 5.20. The monoisotopic (exact) mass is 338 g/mol. The molecule has 0 saturated carbocycles. The first kappa shape index (κ1) is 15.6. The minimum atomic E-state index is -0.155. The van der Waals surface area contributed by atoms with Gasteiger partial charge in [-0.05, 0) is 25.0 Å². The highest BCUT2D eigenvalue weighted by molar-refractivity contribution is 5.52. The summed E-state index contributed by atoms with van der Waals surface area (Å²) < 4.78 is 15.6. The largest absolute Gasteiger partial charge is 0.419 e. The molecule has 128 valence electrons. The van der Waals surface area contributed by atoms with Crippen molar-refractivity contribution in [3.63, 3.8) is 0 Å². The molecule has 0 aromatic carbocycles. The highest BCUT2D eigenvalue weighted by atomic mass is 16.5.